The van der Waals surface area contributed by atoms with Gasteiger partial charge in [0.25, 0.3) is 0 Å². The highest BCUT2D eigenvalue weighted by Gasteiger charge is 2.37. The molecule has 3 rings (SSSR count). The number of carbonyl (C=O) groups excluding carboxylic acids is 1. The summed E-state index contributed by atoms with van der Waals surface area (Å²) in [7, 11) is -6.56. The lowest BCUT2D eigenvalue weighted by molar-refractivity contribution is 0.103. The van der Waals surface area contributed by atoms with Crippen molar-refractivity contribution in [1.29, 1.82) is 0 Å². The van der Waals surface area contributed by atoms with Gasteiger partial charge in [0.05, 0.1) is 24.1 Å². The number of nitrogens with zero attached hydrogens (tertiary/aromatic N) is 1. The third-order valence-electron chi connectivity index (χ3n) is 5.67. The van der Waals surface area contributed by atoms with Crippen LogP contribution in [0.15, 0.2) is 52.4 Å². The Morgan fingerprint density at radius 3 is 1.94 bits per heavy atom. The average Bonchev–Trinajstić information content (AvgIpc) is 3.14. The van der Waals surface area contributed by atoms with Gasteiger partial charge in [0.15, 0.2) is 19.7 Å². The standard InChI is InChI=1S/C24H29NO6S2/c1-7-32(27,28)22-19-15-17(24(3,4)5)13-14-25(19)20(23(22)33(29,30)8-2)21(26)16-9-11-18(31-6)12-10-16/h9-15H,7-8H2,1-6H3. The number of sulfone groups is 2. The number of hydrogen-bond acceptors (Lipinski definition) is 6. The van der Waals surface area contributed by atoms with Crippen LogP contribution < -0.4 is 4.74 Å². The van der Waals surface area contributed by atoms with E-state index in [0.29, 0.717) is 5.75 Å². The molecule has 0 N–H and O–H groups in total. The molecule has 0 spiro atoms. The quantitative estimate of drug-likeness (QED) is 0.462. The van der Waals surface area contributed by atoms with E-state index in [1.54, 1.807) is 30.5 Å². The van der Waals surface area contributed by atoms with Crippen LogP contribution >= 0.6 is 0 Å². The first-order chi connectivity index (χ1) is 15.3. The zero-order chi connectivity index (χ0) is 24.8. The van der Waals surface area contributed by atoms with E-state index in [9.17, 15) is 21.6 Å². The predicted octanol–water partition coefficient (Wildman–Crippen LogP) is 4.06. The van der Waals surface area contributed by atoms with Crippen LogP contribution in [0.3, 0.4) is 0 Å². The average molecular weight is 492 g/mol. The van der Waals surface area contributed by atoms with Gasteiger partial charge in [-0.2, -0.15) is 0 Å². The van der Waals surface area contributed by atoms with Gasteiger partial charge in [-0.1, -0.05) is 34.6 Å². The second kappa shape index (κ2) is 8.61. The molecule has 0 aliphatic heterocycles. The lowest BCUT2D eigenvalue weighted by atomic mass is 9.87. The molecule has 0 aliphatic rings. The maximum absolute atomic E-state index is 13.6. The van der Waals surface area contributed by atoms with Crippen molar-refractivity contribution < 1.29 is 26.4 Å². The molecule has 0 unspecified atom stereocenters. The van der Waals surface area contributed by atoms with Crippen LogP contribution in [0.5, 0.6) is 5.75 Å². The SMILES string of the molecule is CCS(=O)(=O)c1c(S(=O)(=O)CC)c2cc(C(C)(C)C)ccn2c1C(=O)c1ccc(OC)cc1. The molecular formula is C24H29NO6S2. The van der Waals surface area contributed by atoms with Crippen LogP contribution in [0.4, 0.5) is 0 Å². The molecule has 0 amide bonds. The lowest BCUT2D eigenvalue weighted by Gasteiger charge is -2.19. The molecule has 0 saturated heterocycles. The lowest BCUT2D eigenvalue weighted by Crippen LogP contribution is -2.16. The molecule has 0 bridgehead atoms. The van der Waals surface area contributed by atoms with E-state index >= 15 is 0 Å². The second-order valence-electron chi connectivity index (χ2n) is 8.79. The highest BCUT2D eigenvalue weighted by atomic mass is 32.2. The molecule has 3 aromatic rings. The summed E-state index contributed by atoms with van der Waals surface area (Å²) in [5, 5.41) is 0. The summed E-state index contributed by atoms with van der Waals surface area (Å²) >= 11 is 0. The summed E-state index contributed by atoms with van der Waals surface area (Å²) in [5.74, 6) is -0.683. The second-order valence-corrected chi connectivity index (χ2v) is 13.2. The number of hydrogen-bond donors (Lipinski definition) is 0. The van der Waals surface area contributed by atoms with E-state index in [0.717, 1.165) is 5.56 Å². The number of fused-ring (bicyclic) bond motifs is 1. The van der Waals surface area contributed by atoms with Crippen LogP contribution in [0, 0.1) is 0 Å². The van der Waals surface area contributed by atoms with Crippen LogP contribution in [-0.2, 0) is 25.1 Å². The molecular weight excluding hydrogens is 462 g/mol. The Morgan fingerprint density at radius 2 is 1.45 bits per heavy atom. The van der Waals surface area contributed by atoms with Crippen molar-refractivity contribution in [2.24, 2.45) is 0 Å². The molecule has 0 atom stereocenters. The molecule has 0 saturated carbocycles. The van der Waals surface area contributed by atoms with Crippen molar-refractivity contribution >= 4 is 31.0 Å². The minimum Gasteiger partial charge on any atom is -0.497 e. The van der Waals surface area contributed by atoms with E-state index in [-0.39, 0.29) is 38.6 Å². The van der Waals surface area contributed by atoms with Crippen LogP contribution in [0.25, 0.3) is 5.52 Å². The molecule has 0 aliphatic carbocycles. The van der Waals surface area contributed by atoms with E-state index < -0.39 is 30.4 Å². The number of ketones is 1. The fourth-order valence-electron chi connectivity index (χ4n) is 3.64. The number of aromatic nitrogens is 1. The first-order valence-corrected chi connectivity index (χ1v) is 13.9. The summed E-state index contributed by atoms with van der Waals surface area (Å²) in [6.07, 6.45) is 1.58. The van der Waals surface area contributed by atoms with Crippen molar-refractivity contribution in [3.05, 3.63) is 59.4 Å². The van der Waals surface area contributed by atoms with Crippen molar-refractivity contribution in [2.75, 3.05) is 18.6 Å². The minimum atomic E-state index is -4.07. The zero-order valence-electron chi connectivity index (χ0n) is 19.7. The topological polar surface area (TPSA) is 99.0 Å². The maximum atomic E-state index is 13.6. The Bertz CT molecular complexity index is 1420. The normalized spacial score (nSPS) is 12.8. The number of carbonyl (C=O) groups is 1. The van der Waals surface area contributed by atoms with E-state index in [2.05, 4.69) is 0 Å². The largest absolute Gasteiger partial charge is 0.497 e. The molecule has 0 fully saturated rings. The number of rotatable bonds is 7. The zero-order valence-corrected chi connectivity index (χ0v) is 21.3. The highest BCUT2D eigenvalue weighted by Crippen LogP contribution is 2.37. The smallest absolute Gasteiger partial charge is 0.211 e. The predicted molar refractivity (Wildman–Crippen MR) is 128 cm³/mol. The third-order valence-corrected chi connectivity index (χ3v) is 9.37. The van der Waals surface area contributed by atoms with Gasteiger partial charge in [0, 0.05) is 11.8 Å². The van der Waals surface area contributed by atoms with Crippen LogP contribution in [0.2, 0.25) is 0 Å². The maximum Gasteiger partial charge on any atom is 0.211 e. The first kappa shape index (κ1) is 25.0. The Labute approximate surface area is 195 Å². The number of pyridine rings is 1. The number of benzene rings is 1. The van der Waals surface area contributed by atoms with E-state index in [4.69, 9.17) is 4.74 Å². The van der Waals surface area contributed by atoms with Gasteiger partial charge < -0.3 is 9.14 Å². The molecule has 1 aromatic carbocycles. The summed E-state index contributed by atoms with van der Waals surface area (Å²) in [6.45, 7) is 8.82. The number of ether oxygens (including phenoxy) is 1. The van der Waals surface area contributed by atoms with Crippen molar-refractivity contribution in [2.45, 2.75) is 49.8 Å². The molecule has 9 heteroatoms. The Morgan fingerprint density at radius 1 is 0.909 bits per heavy atom. The van der Waals surface area contributed by atoms with E-state index in [1.165, 1.54) is 37.5 Å². The molecule has 178 valence electrons. The molecule has 2 heterocycles. The Kier molecular flexibility index (Phi) is 6.52. The highest BCUT2D eigenvalue weighted by molar-refractivity contribution is 7.94. The monoisotopic (exact) mass is 491 g/mol. The van der Waals surface area contributed by atoms with Crippen molar-refractivity contribution in [3.63, 3.8) is 0 Å². The first-order valence-electron chi connectivity index (χ1n) is 10.6. The molecule has 2 aromatic heterocycles. The van der Waals surface area contributed by atoms with Gasteiger partial charge in [-0.3, -0.25) is 4.79 Å². The summed E-state index contributed by atoms with van der Waals surface area (Å²) < 4.78 is 59.4. The third kappa shape index (κ3) is 4.44. The summed E-state index contributed by atoms with van der Waals surface area (Å²) in [4.78, 5) is 12.9. The fourth-order valence-corrected chi connectivity index (χ4v) is 6.71. The van der Waals surface area contributed by atoms with Gasteiger partial charge in [0.2, 0.25) is 5.78 Å². The van der Waals surface area contributed by atoms with Crippen LogP contribution in [0.1, 0.15) is 56.2 Å². The van der Waals surface area contributed by atoms with Gasteiger partial charge >= 0.3 is 0 Å². The van der Waals surface area contributed by atoms with E-state index in [1.807, 2.05) is 20.8 Å². The van der Waals surface area contributed by atoms with Gasteiger partial charge in [-0.05, 0) is 47.4 Å². The van der Waals surface area contributed by atoms with Crippen molar-refractivity contribution in [1.82, 2.24) is 4.40 Å². The minimum absolute atomic E-state index is 0.176. The Hall–Kier alpha value is -2.65. The Balaban J connectivity index is 2.53. The summed E-state index contributed by atoms with van der Waals surface area (Å²) in [5.41, 5.74) is 0.744. The van der Waals surface area contributed by atoms with Gasteiger partial charge in [-0.25, -0.2) is 16.8 Å². The van der Waals surface area contributed by atoms with Crippen molar-refractivity contribution in [3.8, 4) is 5.75 Å². The van der Waals surface area contributed by atoms with Gasteiger partial charge in [0.1, 0.15) is 21.2 Å². The van der Waals surface area contributed by atoms with Gasteiger partial charge in [-0.15, -0.1) is 0 Å². The fraction of sp³-hybridized carbons (Fsp3) is 0.375. The van der Waals surface area contributed by atoms with Crippen LogP contribution in [-0.4, -0.2) is 45.6 Å². The summed E-state index contributed by atoms with van der Waals surface area (Å²) in [6, 6.07) is 9.70. The molecule has 0 radical (unpaired) electrons. The molecule has 33 heavy (non-hydrogen) atoms. The molecule has 7 nitrogen and oxygen atoms in total. The number of methoxy groups -OCH3 is 1.